The number of aliphatic carboxylic acids is 1. The average molecular weight is 218 g/mol. The maximum absolute atomic E-state index is 11.7. The van der Waals surface area contributed by atoms with Crippen LogP contribution in [0.2, 0.25) is 0 Å². The van der Waals surface area contributed by atoms with Crippen molar-refractivity contribution in [2.75, 3.05) is 0 Å². The summed E-state index contributed by atoms with van der Waals surface area (Å²) in [5.74, 6) is -1.15. The average Bonchev–Trinajstić information content (AvgIpc) is 2.69. The van der Waals surface area contributed by atoms with Crippen LogP contribution in [0.4, 0.5) is 0 Å². The second kappa shape index (κ2) is 3.17. The van der Waals surface area contributed by atoms with E-state index in [4.69, 9.17) is 0 Å². The van der Waals surface area contributed by atoms with Gasteiger partial charge in [0.05, 0.1) is 0 Å². The quantitative estimate of drug-likeness (QED) is 0.738. The van der Waals surface area contributed by atoms with Crippen molar-refractivity contribution >= 4 is 11.8 Å². The summed E-state index contributed by atoms with van der Waals surface area (Å²) in [6.45, 7) is 5.35. The van der Waals surface area contributed by atoms with E-state index >= 15 is 0 Å². The highest BCUT2D eigenvalue weighted by molar-refractivity contribution is 6.12. The van der Waals surface area contributed by atoms with Gasteiger partial charge >= 0.3 is 5.97 Å². The molecular formula is C13H14O3. The number of fused-ring (bicyclic) bond motifs is 2. The van der Waals surface area contributed by atoms with Crippen molar-refractivity contribution in [3.63, 3.8) is 0 Å². The molecule has 3 nitrogen and oxygen atoms in total. The summed E-state index contributed by atoms with van der Waals surface area (Å²) in [4.78, 5) is 23.2. The van der Waals surface area contributed by atoms with Crippen LogP contribution in [-0.4, -0.2) is 16.9 Å². The molecule has 0 saturated carbocycles. The Balaban J connectivity index is 2.68. The first-order chi connectivity index (χ1) is 7.42. The van der Waals surface area contributed by atoms with Crippen LogP contribution in [0.25, 0.3) is 0 Å². The number of carbonyl (C=O) groups excluding carboxylic acids is 1. The van der Waals surface area contributed by atoms with Gasteiger partial charge in [0.2, 0.25) is 0 Å². The molecule has 0 heterocycles. The van der Waals surface area contributed by atoms with Gasteiger partial charge in [0.25, 0.3) is 0 Å². The maximum Gasteiger partial charge on any atom is 0.326 e. The number of carboxylic acids is 1. The zero-order chi connectivity index (χ0) is 12.1. The zero-order valence-electron chi connectivity index (χ0n) is 9.57. The second-order valence-corrected chi connectivity index (χ2v) is 4.57. The first-order valence-electron chi connectivity index (χ1n) is 5.31. The monoisotopic (exact) mass is 218 g/mol. The first-order valence-corrected chi connectivity index (χ1v) is 5.31. The standard InChI is InChI=1S/C13H14O3/c1-7(2)10-6-9-4-5-11(10)13(9,8(3)14)12(15)16/h4-7H,1-3H3,(H,15,16). The van der Waals surface area contributed by atoms with Gasteiger partial charge in [0.15, 0.2) is 11.2 Å². The predicted octanol–water partition coefficient (Wildman–Crippen LogP) is 2.11. The molecule has 0 aromatic carbocycles. The summed E-state index contributed by atoms with van der Waals surface area (Å²) in [7, 11) is 0. The number of ketones is 1. The summed E-state index contributed by atoms with van der Waals surface area (Å²) in [5.41, 5.74) is 0.804. The number of hydrogen-bond donors (Lipinski definition) is 1. The lowest BCUT2D eigenvalue weighted by Crippen LogP contribution is -2.37. The van der Waals surface area contributed by atoms with E-state index in [1.54, 1.807) is 12.2 Å². The van der Waals surface area contributed by atoms with Crippen molar-refractivity contribution in [1.29, 1.82) is 0 Å². The second-order valence-electron chi connectivity index (χ2n) is 4.57. The Morgan fingerprint density at radius 3 is 2.25 bits per heavy atom. The van der Waals surface area contributed by atoms with Gasteiger partial charge in [-0.25, -0.2) is 0 Å². The van der Waals surface area contributed by atoms with Crippen molar-refractivity contribution in [1.82, 2.24) is 0 Å². The topological polar surface area (TPSA) is 54.4 Å². The largest absolute Gasteiger partial charge is 0.480 e. The Morgan fingerprint density at radius 2 is 1.94 bits per heavy atom. The Labute approximate surface area is 94.2 Å². The van der Waals surface area contributed by atoms with E-state index < -0.39 is 11.4 Å². The van der Waals surface area contributed by atoms with Crippen LogP contribution in [0, 0.1) is 11.3 Å². The number of allylic oxidation sites excluding steroid dienone is 4. The third-order valence-corrected chi connectivity index (χ3v) is 3.36. The summed E-state index contributed by atoms with van der Waals surface area (Å²) in [6.07, 6.45) is 5.34. The van der Waals surface area contributed by atoms with E-state index in [1.165, 1.54) is 6.92 Å². The minimum atomic E-state index is -1.42. The molecule has 1 unspecified atom stereocenters. The van der Waals surface area contributed by atoms with Crippen molar-refractivity contribution in [2.45, 2.75) is 20.8 Å². The normalized spacial score (nSPS) is 26.6. The predicted molar refractivity (Wildman–Crippen MR) is 59.8 cm³/mol. The molecule has 0 fully saturated rings. The molecule has 0 aromatic heterocycles. The van der Waals surface area contributed by atoms with Crippen molar-refractivity contribution in [2.24, 2.45) is 11.3 Å². The zero-order valence-corrected chi connectivity index (χ0v) is 9.57. The lowest BCUT2D eigenvalue weighted by atomic mass is 9.77. The number of rotatable bonds is 3. The highest BCUT2D eigenvalue weighted by Crippen LogP contribution is 2.51. The van der Waals surface area contributed by atoms with Gasteiger partial charge < -0.3 is 5.11 Å². The van der Waals surface area contributed by atoms with E-state index in [-0.39, 0.29) is 11.7 Å². The summed E-state index contributed by atoms with van der Waals surface area (Å²) >= 11 is 0. The van der Waals surface area contributed by atoms with E-state index in [0.717, 1.165) is 5.57 Å². The molecule has 2 bridgehead atoms. The van der Waals surface area contributed by atoms with Gasteiger partial charge in [-0.15, -0.1) is 0 Å². The van der Waals surface area contributed by atoms with Crippen LogP contribution in [0.1, 0.15) is 20.8 Å². The molecular weight excluding hydrogens is 204 g/mol. The van der Waals surface area contributed by atoms with Crippen LogP contribution in [-0.2, 0) is 9.59 Å². The maximum atomic E-state index is 11.7. The lowest BCUT2D eigenvalue weighted by molar-refractivity contribution is -0.148. The fraction of sp³-hybridized carbons (Fsp3) is 0.385. The molecule has 2 aliphatic rings. The smallest absolute Gasteiger partial charge is 0.326 e. The number of Topliss-reactive ketones (excluding diaryl/α,β-unsaturated/α-hetero) is 1. The van der Waals surface area contributed by atoms with Crippen molar-refractivity contribution in [3.05, 3.63) is 34.9 Å². The minimum absolute atomic E-state index is 0.232. The summed E-state index contributed by atoms with van der Waals surface area (Å²) in [6, 6.07) is 0. The SMILES string of the molecule is CC(=O)C1(C(=O)O)C2=CC(C(C)C)=C1C=C2. The molecule has 1 N–H and O–H groups in total. The van der Waals surface area contributed by atoms with Crippen molar-refractivity contribution in [3.8, 4) is 0 Å². The van der Waals surface area contributed by atoms with Crippen LogP contribution in [0.5, 0.6) is 0 Å². The number of hydrogen-bond acceptors (Lipinski definition) is 2. The van der Waals surface area contributed by atoms with E-state index in [9.17, 15) is 14.7 Å². The molecule has 0 spiro atoms. The fourth-order valence-electron chi connectivity index (χ4n) is 2.55. The Kier molecular flexibility index (Phi) is 2.15. The Hall–Kier alpha value is -1.64. The van der Waals surface area contributed by atoms with E-state index in [0.29, 0.717) is 11.1 Å². The van der Waals surface area contributed by atoms with Gasteiger partial charge in [-0.1, -0.05) is 32.1 Å². The van der Waals surface area contributed by atoms with Crippen molar-refractivity contribution < 1.29 is 14.7 Å². The van der Waals surface area contributed by atoms with Gasteiger partial charge in [-0.3, -0.25) is 9.59 Å². The minimum Gasteiger partial charge on any atom is -0.480 e. The molecule has 0 radical (unpaired) electrons. The van der Waals surface area contributed by atoms with Crippen LogP contribution >= 0.6 is 0 Å². The molecule has 0 saturated heterocycles. The first kappa shape index (κ1) is 10.9. The molecule has 0 aromatic rings. The lowest BCUT2D eigenvalue weighted by Gasteiger charge is -2.22. The van der Waals surface area contributed by atoms with Gasteiger partial charge in [0.1, 0.15) is 0 Å². The molecule has 2 aliphatic carbocycles. The molecule has 0 aliphatic heterocycles. The van der Waals surface area contributed by atoms with Gasteiger partial charge in [-0.2, -0.15) is 0 Å². The highest BCUT2D eigenvalue weighted by atomic mass is 16.4. The molecule has 0 amide bonds. The Bertz CT molecular complexity index is 461. The highest BCUT2D eigenvalue weighted by Gasteiger charge is 2.55. The Morgan fingerprint density at radius 1 is 1.31 bits per heavy atom. The third-order valence-electron chi connectivity index (χ3n) is 3.36. The van der Waals surface area contributed by atoms with E-state index in [1.807, 2.05) is 19.9 Å². The number of carbonyl (C=O) groups is 2. The van der Waals surface area contributed by atoms with E-state index in [2.05, 4.69) is 0 Å². The van der Waals surface area contributed by atoms with Gasteiger partial charge in [0, 0.05) is 0 Å². The molecule has 16 heavy (non-hydrogen) atoms. The molecule has 3 heteroatoms. The van der Waals surface area contributed by atoms with Crippen LogP contribution < -0.4 is 0 Å². The molecule has 1 atom stereocenters. The van der Waals surface area contributed by atoms with Gasteiger partial charge in [-0.05, 0) is 29.6 Å². The van der Waals surface area contributed by atoms with Crippen LogP contribution in [0.3, 0.4) is 0 Å². The fourth-order valence-corrected chi connectivity index (χ4v) is 2.55. The molecule has 2 rings (SSSR count). The van der Waals surface area contributed by atoms with Crippen LogP contribution in [0.15, 0.2) is 34.9 Å². The number of carboxylic acid groups (broad SMARTS) is 1. The molecule has 84 valence electrons. The third kappa shape index (κ3) is 1.03. The summed E-state index contributed by atoms with van der Waals surface area (Å²) in [5, 5.41) is 9.38. The summed E-state index contributed by atoms with van der Waals surface area (Å²) < 4.78 is 0.